The van der Waals surface area contributed by atoms with Crippen molar-refractivity contribution in [2.45, 2.75) is 13.8 Å². The lowest BCUT2D eigenvalue weighted by Crippen LogP contribution is -2.10. The number of sulfonamides is 1. The number of hydrogen-bond donors (Lipinski definition) is 1. The molecule has 0 saturated heterocycles. The van der Waals surface area contributed by atoms with Gasteiger partial charge in [0, 0.05) is 18.0 Å². The van der Waals surface area contributed by atoms with Gasteiger partial charge in [-0.05, 0) is 37.1 Å². The van der Waals surface area contributed by atoms with E-state index in [1.807, 2.05) is 61.0 Å². The summed E-state index contributed by atoms with van der Waals surface area (Å²) < 4.78 is 27.4. The van der Waals surface area contributed by atoms with Crippen molar-refractivity contribution in [2.75, 3.05) is 11.0 Å². The minimum Gasteiger partial charge on any atom is -0.306 e. The number of benzene rings is 1. The summed E-state index contributed by atoms with van der Waals surface area (Å²) in [4.78, 5) is 4.64. The SMILES string of the molecule is Cc1ccc(-c2cn3cccc(C)c3n2)cc1NS(C)(=O)=O. The first-order chi connectivity index (χ1) is 10.3. The summed E-state index contributed by atoms with van der Waals surface area (Å²) in [6.45, 7) is 3.88. The molecule has 0 amide bonds. The average Bonchev–Trinajstić information content (AvgIpc) is 2.85. The lowest BCUT2D eigenvalue weighted by Gasteiger charge is -2.09. The number of aryl methyl sites for hydroxylation is 2. The maximum absolute atomic E-state index is 11.5. The van der Waals surface area contributed by atoms with Gasteiger partial charge < -0.3 is 4.40 Å². The zero-order chi connectivity index (χ0) is 15.9. The quantitative estimate of drug-likeness (QED) is 0.808. The molecule has 0 spiro atoms. The lowest BCUT2D eigenvalue weighted by atomic mass is 10.1. The Morgan fingerprint density at radius 2 is 1.91 bits per heavy atom. The van der Waals surface area contributed by atoms with E-state index in [9.17, 15) is 8.42 Å². The Morgan fingerprint density at radius 1 is 1.14 bits per heavy atom. The fraction of sp³-hybridized carbons (Fsp3) is 0.188. The molecule has 114 valence electrons. The van der Waals surface area contributed by atoms with Crippen LogP contribution in [0.3, 0.4) is 0 Å². The molecule has 1 N–H and O–H groups in total. The van der Waals surface area contributed by atoms with E-state index in [0.717, 1.165) is 34.3 Å². The van der Waals surface area contributed by atoms with Crippen LogP contribution in [0.4, 0.5) is 5.69 Å². The van der Waals surface area contributed by atoms with Crippen molar-refractivity contribution in [3.05, 3.63) is 53.9 Å². The van der Waals surface area contributed by atoms with Crippen molar-refractivity contribution in [2.24, 2.45) is 0 Å². The highest BCUT2D eigenvalue weighted by Gasteiger charge is 2.10. The molecule has 6 heteroatoms. The number of rotatable bonds is 3. The minimum atomic E-state index is -3.31. The monoisotopic (exact) mass is 315 g/mol. The van der Waals surface area contributed by atoms with Crippen LogP contribution in [0.2, 0.25) is 0 Å². The molecule has 0 bridgehead atoms. The summed E-state index contributed by atoms with van der Waals surface area (Å²) in [6, 6.07) is 9.63. The Morgan fingerprint density at radius 3 is 2.59 bits per heavy atom. The number of anilines is 1. The summed E-state index contributed by atoms with van der Waals surface area (Å²) in [5.74, 6) is 0. The molecule has 3 rings (SSSR count). The number of imidazole rings is 1. The van der Waals surface area contributed by atoms with Crippen LogP contribution >= 0.6 is 0 Å². The molecule has 1 aromatic carbocycles. The topological polar surface area (TPSA) is 63.5 Å². The molecule has 0 aliphatic carbocycles. The molecular formula is C16H17N3O2S. The van der Waals surface area contributed by atoms with Crippen molar-refractivity contribution in [3.63, 3.8) is 0 Å². The van der Waals surface area contributed by atoms with Crippen LogP contribution in [-0.2, 0) is 10.0 Å². The number of hydrogen-bond acceptors (Lipinski definition) is 3. The van der Waals surface area contributed by atoms with Crippen molar-refractivity contribution < 1.29 is 8.42 Å². The van der Waals surface area contributed by atoms with Gasteiger partial charge in [0.2, 0.25) is 10.0 Å². The third kappa shape index (κ3) is 2.82. The minimum absolute atomic E-state index is 0.578. The molecule has 3 aromatic rings. The Hall–Kier alpha value is -2.34. The Bertz CT molecular complexity index is 959. The number of pyridine rings is 1. The van der Waals surface area contributed by atoms with Crippen LogP contribution in [0.25, 0.3) is 16.9 Å². The third-order valence-corrected chi connectivity index (χ3v) is 4.10. The fourth-order valence-electron chi connectivity index (χ4n) is 2.38. The first-order valence-corrected chi connectivity index (χ1v) is 8.76. The summed E-state index contributed by atoms with van der Waals surface area (Å²) >= 11 is 0. The van der Waals surface area contributed by atoms with E-state index in [2.05, 4.69) is 9.71 Å². The van der Waals surface area contributed by atoms with Gasteiger partial charge in [0.25, 0.3) is 0 Å². The first-order valence-electron chi connectivity index (χ1n) is 6.86. The van der Waals surface area contributed by atoms with Gasteiger partial charge in [-0.25, -0.2) is 13.4 Å². The average molecular weight is 315 g/mol. The van der Waals surface area contributed by atoms with Gasteiger partial charge in [0.1, 0.15) is 5.65 Å². The molecule has 0 unspecified atom stereocenters. The third-order valence-electron chi connectivity index (χ3n) is 3.51. The van der Waals surface area contributed by atoms with Gasteiger partial charge in [0.05, 0.1) is 17.6 Å². The Balaban J connectivity index is 2.10. The second kappa shape index (κ2) is 5.14. The van der Waals surface area contributed by atoms with Crippen LogP contribution in [0, 0.1) is 13.8 Å². The van der Waals surface area contributed by atoms with E-state index >= 15 is 0 Å². The van der Waals surface area contributed by atoms with E-state index in [0.29, 0.717) is 5.69 Å². The fourth-order valence-corrected chi connectivity index (χ4v) is 3.00. The largest absolute Gasteiger partial charge is 0.306 e. The molecule has 22 heavy (non-hydrogen) atoms. The van der Waals surface area contributed by atoms with Crippen molar-refractivity contribution >= 4 is 21.4 Å². The summed E-state index contributed by atoms with van der Waals surface area (Å²) in [5.41, 5.74) is 5.12. The molecule has 0 saturated carbocycles. The maximum Gasteiger partial charge on any atom is 0.229 e. The summed E-state index contributed by atoms with van der Waals surface area (Å²) in [5, 5.41) is 0. The van der Waals surface area contributed by atoms with E-state index in [1.54, 1.807) is 0 Å². The Labute approximate surface area is 129 Å². The molecule has 0 fully saturated rings. The van der Waals surface area contributed by atoms with Crippen LogP contribution in [0.15, 0.2) is 42.7 Å². The zero-order valence-corrected chi connectivity index (χ0v) is 13.5. The smallest absolute Gasteiger partial charge is 0.229 e. The molecule has 5 nitrogen and oxygen atoms in total. The van der Waals surface area contributed by atoms with Crippen LogP contribution in [0.5, 0.6) is 0 Å². The van der Waals surface area contributed by atoms with Gasteiger partial charge in [-0.3, -0.25) is 4.72 Å². The van der Waals surface area contributed by atoms with E-state index in [4.69, 9.17) is 0 Å². The van der Waals surface area contributed by atoms with Gasteiger partial charge in [-0.2, -0.15) is 0 Å². The lowest BCUT2D eigenvalue weighted by molar-refractivity contribution is 0.607. The number of aromatic nitrogens is 2. The van der Waals surface area contributed by atoms with Crippen LogP contribution in [-0.4, -0.2) is 24.1 Å². The van der Waals surface area contributed by atoms with Gasteiger partial charge in [0.15, 0.2) is 0 Å². The molecular weight excluding hydrogens is 298 g/mol. The molecule has 2 aromatic heterocycles. The van der Waals surface area contributed by atoms with Crippen LogP contribution in [0.1, 0.15) is 11.1 Å². The molecule has 0 aliphatic rings. The van der Waals surface area contributed by atoms with Crippen LogP contribution < -0.4 is 4.72 Å². The van der Waals surface area contributed by atoms with Gasteiger partial charge in [-0.1, -0.05) is 18.2 Å². The second-order valence-corrected chi connectivity index (χ2v) is 7.20. The van der Waals surface area contributed by atoms with Gasteiger partial charge in [-0.15, -0.1) is 0 Å². The van der Waals surface area contributed by atoms with Gasteiger partial charge >= 0.3 is 0 Å². The van der Waals surface area contributed by atoms with E-state index in [1.165, 1.54) is 0 Å². The normalized spacial score (nSPS) is 11.8. The molecule has 2 heterocycles. The van der Waals surface area contributed by atoms with E-state index < -0.39 is 10.0 Å². The summed E-state index contributed by atoms with van der Waals surface area (Å²) in [7, 11) is -3.31. The summed E-state index contributed by atoms with van der Waals surface area (Å²) in [6.07, 6.45) is 5.04. The first kappa shape index (κ1) is 14.6. The number of nitrogens with zero attached hydrogens (tertiary/aromatic N) is 2. The highest BCUT2D eigenvalue weighted by molar-refractivity contribution is 7.92. The standard InChI is InChI=1S/C16H17N3O2S/c1-11-6-7-13(9-14(11)18-22(3,20)21)15-10-19-8-4-5-12(2)16(19)17-15/h4-10,18H,1-3H3. The Kier molecular flexibility index (Phi) is 3.41. The molecule has 0 radical (unpaired) electrons. The second-order valence-electron chi connectivity index (χ2n) is 5.45. The number of nitrogens with one attached hydrogen (secondary N) is 1. The highest BCUT2D eigenvalue weighted by atomic mass is 32.2. The van der Waals surface area contributed by atoms with Crippen molar-refractivity contribution in [1.82, 2.24) is 9.38 Å². The van der Waals surface area contributed by atoms with Crippen molar-refractivity contribution in [3.8, 4) is 11.3 Å². The predicted octanol–water partition coefficient (Wildman–Crippen LogP) is 2.99. The van der Waals surface area contributed by atoms with E-state index in [-0.39, 0.29) is 0 Å². The predicted molar refractivity (Wildman–Crippen MR) is 88.6 cm³/mol. The maximum atomic E-state index is 11.5. The molecule has 0 aliphatic heterocycles. The van der Waals surface area contributed by atoms with Crippen molar-refractivity contribution in [1.29, 1.82) is 0 Å². The zero-order valence-electron chi connectivity index (χ0n) is 12.7. The highest BCUT2D eigenvalue weighted by Crippen LogP contribution is 2.26. The number of fused-ring (bicyclic) bond motifs is 1. The molecule has 0 atom stereocenters.